The number of hydrogen-bond acceptors (Lipinski definition) is 4. The van der Waals surface area contributed by atoms with Crippen LogP contribution in [0.2, 0.25) is 0 Å². The third-order valence-corrected chi connectivity index (χ3v) is 8.90. The van der Waals surface area contributed by atoms with Crippen molar-refractivity contribution in [2.75, 3.05) is 16.5 Å². The number of aromatic nitrogens is 2. The highest BCUT2D eigenvalue weighted by atomic mass is 16.5. The number of para-hydroxylation sites is 2. The quantitative estimate of drug-likeness (QED) is 0.187. The SMILES string of the molecule is CC(C)(C)c1ccnc(-n2c3ccccc3c3ccc(Oc4cccc(N5C=CN(c6ccccc6-c6ccccc6)C5)c4)cc32)c1. The number of anilines is 2. The van der Waals surface area contributed by atoms with Crippen molar-refractivity contribution in [3.05, 3.63) is 158 Å². The second-order valence-electron chi connectivity index (χ2n) is 13.0. The van der Waals surface area contributed by atoms with E-state index in [-0.39, 0.29) is 5.41 Å². The lowest BCUT2D eigenvalue weighted by Crippen LogP contribution is -2.24. The van der Waals surface area contributed by atoms with Crippen molar-refractivity contribution in [3.63, 3.8) is 0 Å². The van der Waals surface area contributed by atoms with Crippen LogP contribution >= 0.6 is 0 Å². The predicted molar refractivity (Wildman–Crippen MR) is 195 cm³/mol. The lowest BCUT2D eigenvalue weighted by molar-refractivity contribution is 0.483. The van der Waals surface area contributed by atoms with Gasteiger partial charge in [0.15, 0.2) is 0 Å². The summed E-state index contributed by atoms with van der Waals surface area (Å²) in [7, 11) is 0. The second-order valence-corrected chi connectivity index (χ2v) is 13.0. The Balaban J connectivity index is 1.09. The highest BCUT2D eigenvalue weighted by molar-refractivity contribution is 6.09. The van der Waals surface area contributed by atoms with Gasteiger partial charge in [0.25, 0.3) is 0 Å². The highest BCUT2D eigenvalue weighted by Crippen LogP contribution is 2.37. The van der Waals surface area contributed by atoms with Gasteiger partial charge in [-0.1, -0.05) is 93.6 Å². The van der Waals surface area contributed by atoms with E-state index >= 15 is 0 Å². The molecule has 5 nitrogen and oxygen atoms in total. The molecular formula is C42H36N4O. The zero-order valence-corrected chi connectivity index (χ0v) is 26.8. The van der Waals surface area contributed by atoms with Crippen molar-refractivity contribution < 1.29 is 4.74 Å². The standard InChI is InChI=1S/C42H36N4O/c1-42(2,3)31-22-23-43-41(26-31)46-39-19-10-8-17-36(39)37-21-20-34(28-40(37)46)47-33-15-11-14-32(27-33)44-24-25-45(29-44)38-18-9-7-16-35(38)30-12-5-4-6-13-30/h4-28H,29H2,1-3H3. The molecule has 0 aliphatic carbocycles. The van der Waals surface area contributed by atoms with E-state index < -0.39 is 0 Å². The fourth-order valence-corrected chi connectivity index (χ4v) is 6.46. The average Bonchev–Trinajstić information content (AvgIpc) is 3.72. The first-order valence-corrected chi connectivity index (χ1v) is 16.1. The van der Waals surface area contributed by atoms with Gasteiger partial charge in [-0.2, -0.15) is 0 Å². The molecule has 0 saturated heterocycles. The first-order valence-electron chi connectivity index (χ1n) is 16.1. The monoisotopic (exact) mass is 612 g/mol. The molecule has 0 spiro atoms. The Morgan fingerprint density at radius 1 is 0.617 bits per heavy atom. The normalized spacial score (nSPS) is 13.2. The maximum atomic E-state index is 6.54. The van der Waals surface area contributed by atoms with Crippen molar-refractivity contribution in [2.45, 2.75) is 26.2 Å². The molecule has 5 aromatic carbocycles. The zero-order valence-electron chi connectivity index (χ0n) is 26.8. The van der Waals surface area contributed by atoms with Crippen LogP contribution in [0.25, 0.3) is 38.8 Å². The number of benzene rings is 5. The van der Waals surface area contributed by atoms with E-state index in [0.29, 0.717) is 6.67 Å². The molecule has 0 bridgehead atoms. The fourth-order valence-electron chi connectivity index (χ4n) is 6.46. The van der Waals surface area contributed by atoms with Crippen LogP contribution in [0.3, 0.4) is 0 Å². The number of pyridine rings is 1. The van der Waals surface area contributed by atoms with E-state index in [1.807, 2.05) is 12.3 Å². The number of rotatable bonds is 6. The van der Waals surface area contributed by atoms with Gasteiger partial charge in [-0.25, -0.2) is 4.98 Å². The van der Waals surface area contributed by atoms with Crippen molar-refractivity contribution in [1.29, 1.82) is 0 Å². The minimum Gasteiger partial charge on any atom is -0.457 e. The third-order valence-electron chi connectivity index (χ3n) is 8.90. The molecular weight excluding hydrogens is 576 g/mol. The average molecular weight is 613 g/mol. The van der Waals surface area contributed by atoms with Gasteiger partial charge in [0, 0.05) is 52.8 Å². The number of nitrogens with zero attached hydrogens (tertiary/aromatic N) is 4. The van der Waals surface area contributed by atoms with Gasteiger partial charge < -0.3 is 14.5 Å². The first-order chi connectivity index (χ1) is 22.9. The zero-order chi connectivity index (χ0) is 32.0. The van der Waals surface area contributed by atoms with Gasteiger partial charge >= 0.3 is 0 Å². The summed E-state index contributed by atoms with van der Waals surface area (Å²) in [5, 5.41) is 2.36. The minimum absolute atomic E-state index is 0.0164. The summed E-state index contributed by atoms with van der Waals surface area (Å²) in [6, 6.07) is 46.6. The molecule has 8 rings (SSSR count). The van der Waals surface area contributed by atoms with Crippen molar-refractivity contribution in [1.82, 2.24) is 9.55 Å². The van der Waals surface area contributed by atoms with Gasteiger partial charge in [0.1, 0.15) is 17.3 Å². The molecule has 0 N–H and O–H groups in total. The summed E-state index contributed by atoms with van der Waals surface area (Å²) >= 11 is 0. The molecule has 230 valence electrons. The molecule has 0 unspecified atom stereocenters. The Labute approximate surface area is 275 Å². The summed E-state index contributed by atoms with van der Waals surface area (Å²) in [4.78, 5) is 9.34. The maximum Gasteiger partial charge on any atom is 0.137 e. The lowest BCUT2D eigenvalue weighted by atomic mass is 9.88. The van der Waals surface area contributed by atoms with Gasteiger partial charge in [-0.3, -0.25) is 4.57 Å². The molecule has 0 amide bonds. The topological polar surface area (TPSA) is 33.5 Å². The molecule has 0 saturated carbocycles. The Morgan fingerprint density at radius 3 is 2.23 bits per heavy atom. The van der Waals surface area contributed by atoms with Crippen LogP contribution in [0.1, 0.15) is 26.3 Å². The van der Waals surface area contributed by atoms with E-state index in [1.165, 1.54) is 33.2 Å². The first kappa shape index (κ1) is 28.6. The number of hydrogen-bond donors (Lipinski definition) is 0. The molecule has 5 heteroatoms. The van der Waals surface area contributed by atoms with E-state index in [2.05, 4.69) is 175 Å². The smallest absolute Gasteiger partial charge is 0.137 e. The highest BCUT2D eigenvalue weighted by Gasteiger charge is 2.20. The Bertz CT molecular complexity index is 2260. The molecule has 2 aromatic heterocycles. The summed E-state index contributed by atoms with van der Waals surface area (Å²) in [5.74, 6) is 2.47. The molecule has 0 radical (unpaired) electrons. The molecule has 0 fully saturated rings. The second kappa shape index (κ2) is 11.5. The van der Waals surface area contributed by atoms with Crippen molar-refractivity contribution >= 4 is 33.2 Å². The summed E-state index contributed by atoms with van der Waals surface area (Å²) in [6.45, 7) is 7.41. The van der Waals surface area contributed by atoms with E-state index in [0.717, 1.165) is 34.0 Å². The molecule has 1 aliphatic heterocycles. The number of fused-ring (bicyclic) bond motifs is 3. The van der Waals surface area contributed by atoms with E-state index in [4.69, 9.17) is 9.72 Å². The largest absolute Gasteiger partial charge is 0.457 e. The maximum absolute atomic E-state index is 6.54. The van der Waals surface area contributed by atoms with Crippen LogP contribution in [0, 0.1) is 0 Å². The Hall–Kier alpha value is -5.81. The molecule has 3 heterocycles. The summed E-state index contributed by atoms with van der Waals surface area (Å²) in [6.07, 6.45) is 6.19. The van der Waals surface area contributed by atoms with Crippen LogP contribution in [0.4, 0.5) is 11.4 Å². The van der Waals surface area contributed by atoms with Crippen molar-refractivity contribution in [2.24, 2.45) is 0 Å². The van der Waals surface area contributed by atoms with Gasteiger partial charge in [-0.05, 0) is 65.1 Å². The van der Waals surface area contributed by atoms with Gasteiger partial charge in [-0.15, -0.1) is 0 Å². The van der Waals surface area contributed by atoms with Crippen LogP contribution < -0.4 is 14.5 Å². The predicted octanol–water partition coefficient (Wildman–Crippen LogP) is 10.7. The van der Waals surface area contributed by atoms with Gasteiger partial charge in [0.05, 0.1) is 23.4 Å². The summed E-state index contributed by atoms with van der Waals surface area (Å²) < 4.78 is 8.79. The fraction of sp³-hybridized carbons (Fsp3) is 0.119. The third kappa shape index (κ3) is 5.40. The van der Waals surface area contributed by atoms with Crippen molar-refractivity contribution in [3.8, 4) is 28.4 Å². The van der Waals surface area contributed by atoms with Crippen LogP contribution in [0.15, 0.2) is 152 Å². The Morgan fingerprint density at radius 2 is 1.36 bits per heavy atom. The Kier molecular flexibility index (Phi) is 7.02. The molecule has 1 aliphatic rings. The van der Waals surface area contributed by atoms with Crippen LogP contribution in [-0.4, -0.2) is 16.2 Å². The van der Waals surface area contributed by atoms with E-state index in [1.54, 1.807) is 0 Å². The van der Waals surface area contributed by atoms with Crippen LogP contribution in [-0.2, 0) is 5.41 Å². The lowest BCUT2D eigenvalue weighted by Gasteiger charge is -2.24. The number of ether oxygens (including phenoxy) is 1. The van der Waals surface area contributed by atoms with Gasteiger partial charge in [0.2, 0.25) is 0 Å². The molecule has 7 aromatic rings. The summed E-state index contributed by atoms with van der Waals surface area (Å²) in [5.41, 5.74) is 8.11. The van der Waals surface area contributed by atoms with Crippen LogP contribution in [0.5, 0.6) is 11.5 Å². The molecule has 47 heavy (non-hydrogen) atoms. The van der Waals surface area contributed by atoms with E-state index in [9.17, 15) is 0 Å². The molecule has 0 atom stereocenters. The minimum atomic E-state index is 0.0164.